The van der Waals surface area contributed by atoms with E-state index in [9.17, 15) is 0 Å². The lowest BCUT2D eigenvalue weighted by atomic mass is 10.2. The van der Waals surface area contributed by atoms with Crippen LogP contribution < -0.4 is 25.0 Å². The number of hydrogen-bond acceptors (Lipinski definition) is 3. The summed E-state index contributed by atoms with van der Waals surface area (Å²) in [6.45, 7) is 3.03. The van der Waals surface area contributed by atoms with Gasteiger partial charge in [0.2, 0.25) is 6.79 Å². The van der Waals surface area contributed by atoms with Gasteiger partial charge in [0.25, 0.3) is 0 Å². The van der Waals surface area contributed by atoms with Gasteiger partial charge in [0.05, 0.1) is 20.6 Å². The second kappa shape index (κ2) is 7.31. The molecule has 0 spiro atoms. The summed E-state index contributed by atoms with van der Waals surface area (Å²) in [5.41, 5.74) is 1.12. The molecule has 1 aliphatic rings. The zero-order valence-corrected chi connectivity index (χ0v) is 12.8. The van der Waals surface area contributed by atoms with Crippen LogP contribution in [-0.4, -0.2) is 39.1 Å². The summed E-state index contributed by atoms with van der Waals surface area (Å²) in [6, 6.07) is 5.92. The molecule has 1 aliphatic heterocycles. The molecule has 20 heavy (non-hydrogen) atoms. The van der Waals surface area contributed by atoms with Gasteiger partial charge in [-0.15, -0.1) is 0 Å². The molecule has 5 nitrogen and oxygen atoms in total. The van der Waals surface area contributed by atoms with E-state index in [1.807, 2.05) is 18.2 Å². The van der Waals surface area contributed by atoms with E-state index < -0.39 is 0 Å². The Morgan fingerprint density at radius 3 is 2.85 bits per heavy atom. The van der Waals surface area contributed by atoms with Crippen LogP contribution in [0.4, 0.5) is 0 Å². The average molecular weight is 296 g/mol. The SMILES string of the molecule is C[NH+](C)CCCNC(=S)NCc1ccc2c(c1)OCO2. The third-order valence-electron chi connectivity index (χ3n) is 3.03. The number of hydrogen-bond donors (Lipinski definition) is 3. The third kappa shape index (κ3) is 4.54. The van der Waals surface area contributed by atoms with Gasteiger partial charge in [-0.05, 0) is 29.9 Å². The maximum Gasteiger partial charge on any atom is 0.231 e. The van der Waals surface area contributed by atoms with Crippen molar-refractivity contribution in [3.05, 3.63) is 23.8 Å². The van der Waals surface area contributed by atoms with Crippen molar-refractivity contribution in [1.82, 2.24) is 10.6 Å². The zero-order chi connectivity index (χ0) is 14.4. The molecule has 6 heteroatoms. The van der Waals surface area contributed by atoms with Crippen molar-refractivity contribution >= 4 is 17.3 Å². The lowest BCUT2D eigenvalue weighted by molar-refractivity contribution is -0.858. The van der Waals surface area contributed by atoms with Crippen LogP contribution in [-0.2, 0) is 6.54 Å². The van der Waals surface area contributed by atoms with E-state index in [0.717, 1.165) is 36.6 Å². The quantitative estimate of drug-likeness (QED) is 0.506. The molecule has 0 atom stereocenters. The monoisotopic (exact) mass is 296 g/mol. The van der Waals surface area contributed by atoms with Crippen LogP contribution in [0.3, 0.4) is 0 Å². The average Bonchev–Trinajstić information content (AvgIpc) is 2.88. The molecule has 1 aromatic rings. The summed E-state index contributed by atoms with van der Waals surface area (Å²) in [4.78, 5) is 1.45. The van der Waals surface area contributed by atoms with Gasteiger partial charge in [-0.2, -0.15) is 0 Å². The molecule has 3 N–H and O–H groups in total. The Balaban J connectivity index is 1.68. The Kier molecular flexibility index (Phi) is 5.43. The van der Waals surface area contributed by atoms with Gasteiger partial charge in [-0.1, -0.05) is 6.07 Å². The normalized spacial score (nSPS) is 12.6. The highest BCUT2D eigenvalue weighted by molar-refractivity contribution is 7.80. The van der Waals surface area contributed by atoms with Crippen molar-refractivity contribution in [2.24, 2.45) is 0 Å². The minimum Gasteiger partial charge on any atom is -0.454 e. The van der Waals surface area contributed by atoms with Crippen LogP contribution in [0, 0.1) is 0 Å². The zero-order valence-electron chi connectivity index (χ0n) is 12.0. The predicted octanol–water partition coefficient (Wildman–Crippen LogP) is -0.0860. The molecule has 110 valence electrons. The third-order valence-corrected chi connectivity index (χ3v) is 3.32. The minimum atomic E-state index is 0.306. The minimum absolute atomic E-state index is 0.306. The molecule has 0 aromatic heterocycles. The van der Waals surface area contributed by atoms with E-state index in [-0.39, 0.29) is 0 Å². The van der Waals surface area contributed by atoms with Crippen LogP contribution in [0.5, 0.6) is 11.5 Å². The summed E-state index contributed by atoms with van der Waals surface area (Å²) in [5, 5.41) is 7.10. The molecule has 1 heterocycles. The van der Waals surface area contributed by atoms with Crippen LogP contribution >= 0.6 is 12.2 Å². The molecule has 0 aliphatic carbocycles. The summed E-state index contributed by atoms with van der Waals surface area (Å²) in [7, 11) is 4.30. The molecule has 2 rings (SSSR count). The number of rotatable bonds is 6. The molecule has 0 unspecified atom stereocenters. The van der Waals surface area contributed by atoms with E-state index >= 15 is 0 Å². The van der Waals surface area contributed by atoms with Crippen LogP contribution in [0.15, 0.2) is 18.2 Å². The Morgan fingerprint density at radius 1 is 1.25 bits per heavy atom. The van der Waals surface area contributed by atoms with E-state index in [4.69, 9.17) is 21.7 Å². The summed E-state index contributed by atoms with van der Waals surface area (Å²) in [5.74, 6) is 1.61. The molecular formula is C14H22N3O2S+. The fraction of sp³-hybridized carbons (Fsp3) is 0.500. The largest absolute Gasteiger partial charge is 0.454 e. The maximum absolute atomic E-state index is 5.35. The van der Waals surface area contributed by atoms with E-state index in [0.29, 0.717) is 18.5 Å². The van der Waals surface area contributed by atoms with Gasteiger partial charge >= 0.3 is 0 Å². The predicted molar refractivity (Wildman–Crippen MR) is 82.3 cm³/mol. The van der Waals surface area contributed by atoms with Crippen molar-refractivity contribution in [3.8, 4) is 11.5 Å². The Labute approximate surface area is 125 Å². The lowest BCUT2D eigenvalue weighted by Gasteiger charge is -2.11. The highest BCUT2D eigenvalue weighted by Gasteiger charge is 2.12. The summed E-state index contributed by atoms with van der Waals surface area (Å²) < 4.78 is 10.6. The molecule has 0 amide bonds. The molecule has 0 radical (unpaired) electrons. The first-order valence-electron chi connectivity index (χ1n) is 6.84. The number of benzene rings is 1. The Morgan fingerprint density at radius 2 is 2.05 bits per heavy atom. The van der Waals surface area contributed by atoms with Gasteiger partial charge in [-0.3, -0.25) is 0 Å². The number of quaternary nitrogens is 1. The van der Waals surface area contributed by atoms with Crippen LogP contribution in [0.25, 0.3) is 0 Å². The number of nitrogens with one attached hydrogen (secondary N) is 3. The van der Waals surface area contributed by atoms with Gasteiger partial charge in [0, 0.05) is 19.5 Å². The van der Waals surface area contributed by atoms with Crippen molar-refractivity contribution in [3.63, 3.8) is 0 Å². The van der Waals surface area contributed by atoms with E-state index in [1.165, 1.54) is 4.90 Å². The smallest absolute Gasteiger partial charge is 0.231 e. The molecule has 0 bridgehead atoms. The van der Waals surface area contributed by atoms with Gasteiger partial charge < -0.3 is 25.0 Å². The Hall–Kier alpha value is -1.53. The van der Waals surface area contributed by atoms with E-state index in [2.05, 4.69) is 24.7 Å². The maximum atomic E-state index is 5.35. The van der Waals surface area contributed by atoms with Crippen LogP contribution in [0.1, 0.15) is 12.0 Å². The van der Waals surface area contributed by atoms with Crippen molar-refractivity contribution < 1.29 is 14.4 Å². The summed E-state index contributed by atoms with van der Waals surface area (Å²) >= 11 is 5.25. The Bertz CT molecular complexity index is 466. The molecular weight excluding hydrogens is 274 g/mol. The van der Waals surface area contributed by atoms with Gasteiger partial charge in [0.15, 0.2) is 16.6 Å². The van der Waals surface area contributed by atoms with E-state index in [1.54, 1.807) is 0 Å². The highest BCUT2D eigenvalue weighted by atomic mass is 32.1. The summed E-state index contributed by atoms with van der Waals surface area (Å²) in [6.07, 6.45) is 1.11. The topological polar surface area (TPSA) is 47.0 Å². The van der Waals surface area contributed by atoms with Crippen molar-refractivity contribution in [2.45, 2.75) is 13.0 Å². The highest BCUT2D eigenvalue weighted by Crippen LogP contribution is 2.32. The van der Waals surface area contributed by atoms with Gasteiger partial charge in [0.1, 0.15) is 0 Å². The fourth-order valence-corrected chi connectivity index (χ4v) is 2.11. The van der Waals surface area contributed by atoms with Gasteiger partial charge in [-0.25, -0.2) is 0 Å². The second-order valence-corrected chi connectivity index (χ2v) is 5.52. The lowest BCUT2D eigenvalue weighted by Crippen LogP contribution is -3.05. The molecule has 0 saturated heterocycles. The standard InChI is InChI=1S/C14H21N3O2S/c1-17(2)7-3-6-15-14(20)16-9-11-4-5-12-13(8-11)19-10-18-12/h4-5,8H,3,6-7,9-10H2,1-2H3,(H2,15,16,20)/p+1. The molecule has 1 aromatic carbocycles. The van der Waals surface area contributed by atoms with Crippen molar-refractivity contribution in [2.75, 3.05) is 34.0 Å². The first-order valence-corrected chi connectivity index (χ1v) is 7.25. The first-order chi connectivity index (χ1) is 9.65. The van der Waals surface area contributed by atoms with Crippen molar-refractivity contribution in [1.29, 1.82) is 0 Å². The molecule has 0 saturated carbocycles. The number of fused-ring (bicyclic) bond motifs is 1. The number of ether oxygens (including phenoxy) is 2. The fourth-order valence-electron chi connectivity index (χ4n) is 1.94. The first kappa shape index (κ1) is 14.9. The van der Waals surface area contributed by atoms with Crippen LogP contribution in [0.2, 0.25) is 0 Å². The molecule has 0 fully saturated rings. The second-order valence-electron chi connectivity index (χ2n) is 5.11. The number of thiocarbonyl (C=S) groups is 1.